The maximum absolute atomic E-state index is 12.8. The number of rotatable bonds is 3. The van der Waals surface area contributed by atoms with Gasteiger partial charge in [0.1, 0.15) is 6.61 Å². The average molecular weight is 349 g/mol. The van der Waals surface area contributed by atoms with Gasteiger partial charge in [-0.05, 0) is 29.2 Å². The summed E-state index contributed by atoms with van der Waals surface area (Å²) in [7, 11) is 0. The van der Waals surface area contributed by atoms with Crippen LogP contribution < -0.4 is 0 Å². The van der Waals surface area contributed by atoms with E-state index in [9.17, 15) is 4.79 Å². The summed E-state index contributed by atoms with van der Waals surface area (Å²) in [6.45, 7) is 7.61. The fourth-order valence-corrected chi connectivity index (χ4v) is 3.91. The summed E-state index contributed by atoms with van der Waals surface area (Å²) in [5, 5.41) is 0. The third kappa shape index (κ3) is 2.71. The van der Waals surface area contributed by atoms with Crippen molar-refractivity contribution in [3.63, 3.8) is 0 Å². The van der Waals surface area contributed by atoms with Gasteiger partial charge in [0.05, 0.1) is 18.8 Å². The summed E-state index contributed by atoms with van der Waals surface area (Å²) in [4.78, 5) is 14.5. The van der Waals surface area contributed by atoms with Crippen LogP contribution in [0.2, 0.25) is 0 Å². The van der Waals surface area contributed by atoms with E-state index in [0.717, 1.165) is 0 Å². The lowest BCUT2D eigenvalue weighted by molar-refractivity contribution is -0.0335. The summed E-state index contributed by atoms with van der Waals surface area (Å²) in [6, 6.07) is 16.7. The van der Waals surface area contributed by atoms with E-state index < -0.39 is 5.54 Å². The Bertz CT molecular complexity index is 801. The van der Waals surface area contributed by atoms with Crippen LogP contribution in [0.3, 0.4) is 0 Å². The molecular formula is C22H23NO3. The SMILES string of the molecule is C=CC1(C)COCCN1C(=O)OCC1c2ccccc2-c2ccccc21. The highest BCUT2D eigenvalue weighted by atomic mass is 16.6. The van der Waals surface area contributed by atoms with Gasteiger partial charge >= 0.3 is 6.09 Å². The van der Waals surface area contributed by atoms with Crippen molar-refractivity contribution in [1.29, 1.82) is 0 Å². The lowest BCUT2D eigenvalue weighted by Gasteiger charge is -2.41. The van der Waals surface area contributed by atoms with Crippen molar-refractivity contribution in [2.75, 3.05) is 26.4 Å². The molecule has 1 heterocycles. The first kappa shape index (κ1) is 16.9. The van der Waals surface area contributed by atoms with Gasteiger partial charge in [-0.3, -0.25) is 4.90 Å². The molecule has 0 N–H and O–H groups in total. The quantitative estimate of drug-likeness (QED) is 0.779. The number of morpholine rings is 1. The highest BCUT2D eigenvalue weighted by Gasteiger charge is 2.37. The van der Waals surface area contributed by atoms with Gasteiger partial charge in [-0.25, -0.2) is 4.79 Å². The molecule has 4 heteroatoms. The van der Waals surface area contributed by atoms with Crippen LogP contribution in [0.15, 0.2) is 61.2 Å². The molecule has 1 aliphatic heterocycles. The minimum Gasteiger partial charge on any atom is -0.448 e. The maximum atomic E-state index is 12.8. The number of benzene rings is 2. The zero-order valence-electron chi connectivity index (χ0n) is 15.0. The lowest BCUT2D eigenvalue weighted by atomic mass is 9.98. The number of ether oxygens (including phenoxy) is 2. The van der Waals surface area contributed by atoms with Gasteiger partial charge in [0.25, 0.3) is 0 Å². The molecule has 1 saturated heterocycles. The molecule has 1 fully saturated rings. The topological polar surface area (TPSA) is 38.8 Å². The van der Waals surface area contributed by atoms with E-state index in [0.29, 0.717) is 26.4 Å². The van der Waals surface area contributed by atoms with E-state index >= 15 is 0 Å². The van der Waals surface area contributed by atoms with Crippen LogP contribution >= 0.6 is 0 Å². The minimum atomic E-state index is -0.527. The number of carbonyl (C=O) groups is 1. The van der Waals surface area contributed by atoms with Crippen molar-refractivity contribution in [1.82, 2.24) is 4.90 Å². The van der Waals surface area contributed by atoms with Crippen LogP contribution in [0, 0.1) is 0 Å². The molecule has 0 saturated carbocycles. The van der Waals surface area contributed by atoms with Crippen molar-refractivity contribution in [3.05, 3.63) is 72.3 Å². The Morgan fingerprint density at radius 1 is 1.23 bits per heavy atom. The van der Waals surface area contributed by atoms with Crippen molar-refractivity contribution < 1.29 is 14.3 Å². The highest BCUT2D eigenvalue weighted by Crippen LogP contribution is 2.44. The third-order valence-corrected chi connectivity index (χ3v) is 5.47. The van der Waals surface area contributed by atoms with Gasteiger partial charge in [-0.1, -0.05) is 54.6 Å². The molecule has 1 amide bonds. The molecule has 134 valence electrons. The number of amides is 1. The third-order valence-electron chi connectivity index (χ3n) is 5.47. The molecule has 4 rings (SSSR count). The van der Waals surface area contributed by atoms with Crippen LogP contribution in [0.4, 0.5) is 4.79 Å². The number of hydrogen-bond acceptors (Lipinski definition) is 3. The van der Waals surface area contributed by atoms with Gasteiger partial charge in [-0.15, -0.1) is 6.58 Å². The van der Waals surface area contributed by atoms with Gasteiger partial charge in [0.2, 0.25) is 0 Å². The Hall–Kier alpha value is -2.59. The predicted octanol–water partition coefficient (Wildman–Crippen LogP) is 4.21. The van der Waals surface area contributed by atoms with Gasteiger partial charge in [0, 0.05) is 12.5 Å². The van der Waals surface area contributed by atoms with E-state index in [4.69, 9.17) is 9.47 Å². The first-order valence-electron chi connectivity index (χ1n) is 8.98. The number of carbonyl (C=O) groups excluding carboxylic acids is 1. The Morgan fingerprint density at radius 3 is 2.46 bits per heavy atom. The molecule has 2 aromatic rings. The van der Waals surface area contributed by atoms with Crippen molar-refractivity contribution >= 4 is 6.09 Å². The fourth-order valence-electron chi connectivity index (χ4n) is 3.91. The van der Waals surface area contributed by atoms with E-state index in [-0.39, 0.29) is 12.0 Å². The average Bonchev–Trinajstić information content (AvgIpc) is 3.00. The van der Waals surface area contributed by atoms with E-state index in [1.807, 2.05) is 31.2 Å². The summed E-state index contributed by atoms with van der Waals surface area (Å²) in [6.07, 6.45) is 1.45. The number of hydrogen-bond donors (Lipinski definition) is 0. The fraction of sp³-hybridized carbons (Fsp3) is 0.318. The standard InChI is InChI=1S/C22H23NO3/c1-3-22(2)15-25-13-12-23(22)21(24)26-14-20-18-10-6-4-8-16(18)17-9-5-7-11-19(17)20/h3-11,20H,1,12-15H2,2H3. The van der Waals surface area contributed by atoms with E-state index in [2.05, 4.69) is 30.8 Å². The second-order valence-corrected chi connectivity index (χ2v) is 7.07. The predicted molar refractivity (Wildman–Crippen MR) is 101 cm³/mol. The number of fused-ring (bicyclic) bond motifs is 3. The second-order valence-electron chi connectivity index (χ2n) is 7.07. The lowest BCUT2D eigenvalue weighted by Crippen LogP contribution is -2.56. The largest absolute Gasteiger partial charge is 0.448 e. The first-order chi connectivity index (χ1) is 12.6. The number of nitrogens with zero attached hydrogens (tertiary/aromatic N) is 1. The molecule has 2 aromatic carbocycles. The van der Waals surface area contributed by atoms with Crippen molar-refractivity contribution in [2.45, 2.75) is 18.4 Å². The summed E-state index contributed by atoms with van der Waals surface area (Å²) in [5.41, 5.74) is 4.36. The van der Waals surface area contributed by atoms with E-state index in [1.165, 1.54) is 22.3 Å². The Kier molecular flexibility index (Phi) is 4.29. The molecule has 0 spiro atoms. The molecule has 1 aliphatic carbocycles. The van der Waals surface area contributed by atoms with Gasteiger partial charge in [0.15, 0.2) is 0 Å². The summed E-state index contributed by atoms with van der Waals surface area (Å²) in [5.74, 6) is 0.0716. The van der Waals surface area contributed by atoms with Crippen LogP contribution in [-0.4, -0.2) is 42.9 Å². The second kappa shape index (κ2) is 6.61. The molecule has 0 aromatic heterocycles. The monoisotopic (exact) mass is 349 g/mol. The minimum absolute atomic E-state index is 0.0716. The molecule has 1 atom stereocenters. The Labute approximate surface area is 154 Å². The van der Waals surface area contributed by atoms with Crippen LogP contribution in [0.1, 0.15) is 24.0 Å². The van der Waals surface area contributed by atoms with Gasteiger partial charge in [-0.2, -0.15) is 0 Å². The molecule has 0 bridgehead atoms. The van der Waals surface area contributed by atoms with Gasteiger partial charge < -0.3 is 9.47 Å². The molecular weight excluding hydrogens is 326 g/mol. The van der Waals surface area contributed by atoms with Crippen molar-refractivity contribution in [3.8, 4) is 11.1 Å². The molecule has 4 nitrogen and oxygen atoms in total. The Balaban J connectivity index is 1.55. The van der Waals surface area contributed by atoms with Crippen LogP contribution in [-0.2, 0) is 9.47 Å². The Morgan fingerprint density at radius 2 is 1.85 bits per heavy atom. The van der Waals surface area contributed by atoms with Crippen LogP contribution in [0.25, 0.3) is 11.1 Å². The zero-order chi connectivity index (χ0) is 18.1. The van der Waals surface area contributed by atoms with E-state index in [1.54, 1.807) is 11.0 Å². The summed E-state index contributed by atoms with van der Waals surface area (Å²) >= 11 is 0. The highest BCUT2D eigenvalue weighted by molar-refractivity contribution is 5.79. The molecule has 2 aliphatic rings. The normalized spacial score (nSPS) is 21.8. The molecule has 0 radical (unpaired) electrons. The summed E-state index contributed by atoms with van der Waals surface area (Å²) < 4.78 is 11.3. The van der Waals surface area contributed by atoms with Crippen LogP contribution in [0.5, 0.6) is 0 Å². The zero-order valence-corrected chi connectivity index (χ0v) is 15.0. The smallest absolute Gasteiger partial charge is 0.410 e. The maximum Gasteiger partial charge on any atom is 0.410 e. The molecule has 26 heavy (non-hydrogen) atoms. The van der Waals surface area contributed by atoms with Crippen molar-refractivity contribution in [2.24, 2.45) is 0 Å². The first-order valence-corrected chi connectivity index (χ1v) is 8.98. The molecule has 1 unspecified atom stereocenters.